The third kappa shape index (κ3) is 3.99. The first-order chi connectivity index (χ1) is 14.0. The van der Waals surface area contributed by atoms with Crippen LogP contribution in [0.1, 0.15) is 45.0 Å². The summed E-state index contributed by atoms with van der Waals surface area (Å²) in [4.78, 5) is 34.7. The number of esters is 1. The van der Waals surface area contributed by atoms with Crippen molar-refractivity contribution in [2.75, 3.05) is 18.2 Å². The molecule has 1 aliphatic carbocycles. The molecule has 3 aromatic heterocycles. The lowest BCUT2D eigenvalue weighted by atomic mass is 9.95. The third-order valence-corrected chi connectivity index (χ3v) is 6.79. The quantitative estimate of drug-likeness (QED) is 0.489. The fourth-order valence-electron chi connectivity index (χ4n) is 3.47. The van der Waals surface area contributed by atoms with E-state index in [0.29, 0.717) is 21.5 Å². The SMILES string of the molecule is COC(=O)c1c(NC(=O)CSc2nc3nc(C)cc(C)n3n2)sc2c1CCCC2. The van der Waals surface area contributed by atoms with Gasteiger partial charge in [0.15, 0.2) is 0 Å². The van der Waals surface area contributed by atoms with Crippen LogP contribution in [0.25, 0.3) is 5.78 Å². The normalized spacial score (nSPS) is 13.3. The molecule has 3 aromatic rings. The molecule has 0 fully saturated rings. The molecule has 0 spiro atoms. The largest absolute Gasteiger partial charge is 0.465 e. The van der Waals surface area contributed by atoms with E-state index in [9.17, 15) is 9.59 Å². The van der Waals surface area contributed by atoms with Crippen molar-refractivity contribution < 1.29 is 14.3 Å². The minimum Gasteiger partial charge on any atom is -0.465 e. The van der Waals surface area contributed by atoms with Gasteiger partial charge in [-0.2, -0.15) is 4.98 Å². The van der Waals surface area contributed by atoms with Crippen molar-refractivity contribution in [2.24, 2.45) is 0 Å². The van der Waals surface area contributed by atoms with Crippen LogP contribution in [0.3, 0.4) is 0 Å². The Morgan fingerprint density at radius 3 is 2.86 bits per heavy atom. The smallest absolute Gasteiger partial charge is 0.341 e. The summed E-state index contributed by atoms with van der Waals surface area (Å²) < 4.78 is 6.61. The first-order valence-electron chi connectivity index (χ1n) is 9.32. The van der Waals surface area contributed by atoms with E-state index >= 15 is 0 Å². The van der Waals surface area contributed by atoms with E-state index in [4.69, 9.17) is 4.74 Å². The summed E-state index contributed by atoms with van der Waals surface area (Å²) >= 11 is 2.71. The number of carbonyl (C=O) groups excluding carboxylic acids is 2. The zero-order valence-electron chi connectivity index (χ0n) is 16.4. The number of fused-ring (bicyclic) bond motifs is 2. The molecule has 0 saturated heterocycles. The predicted molar refractivity (Wildman–Crippen MR) is 112 cm³/mol. The molecular weight excluding hydrogens is 410 g/mol. The van der Waals surface area contributed by atoms with Crippen LogP contribution < -0.4 is 5.32 Å². The van der Waals surface area contributed by atoms with Crippen molar-refractivity contribution in [2.45, 2.75) is 44.7 Å². The minimum absolute atomic E-state index is 0.137. The van der Waals surface area contributed by atoms with E-state index in [1.807, 2.05) is 19.9 Å². The Morgan fingerprint density at radius 1 is 1.28 bits per heavy atom. The molecule has 0 bridgehead atoms. The van der Waals surface area contributed by atoms with E-state index in [-0.39, 0.29) is 11.7 Å². The van der Waals surface area contributed by atoms with Gasteiger partial charge in [-0.05, 0) is 51.2 Å². The minimum atomic E-state index is -0.397. The van der Waals surface area contributed by atoms with Crippen LogP contribution in [-0.2, 0) is 22.4 Å². The summed E-state index contributed by atoms with van der Waals surface area (Å²) in [6.45, 7) is 3.84. The number of thioether (sulfide) groups is 1. The van der Waals surface area contributed by atoms with Crippen LogP contribution in [0.2, 0.25) is 0 Å². The van der Waals surface area contributed by atoms with Crippen molar-refractivity contribution in [3.05, 3.63) is 33.5 Å². The van der Waals surface area contributed by atoms with E-state index in [1.54, 1.807) is 4.52 Å². The fourth-order valence-corrected chi connectivity index (χ4v) is 5.39. The van der Waals surface area contributed by atoms with Gasteiger partial charge >= 0.3 is 5.97 Å². The molecule has 152 valence electrons. The molecule has 0 aliphatic heterocycles. The van der Waals surface area contributed by atoms with Gasteiger partial charge in [0.1, 0.15) is 5.00 Å². The summed E-state index contributed by atoms with van der Waals surface area (Å²) in [6.07, 6.45) is 3.93. The highest BCUT2D eigenvalue weighted by molar-refractivity contribution is 7.99. The van der Waals surface area contributed by atoms with Gasteiger partial charge < -0.3 is 10.1 Å². The van der Waals surface area contributed by atoms with Crippen LogP contribution in [0.15, 0.2) is 11.2 Å². The molecule has 8 nitrogen and oxygen atoms in total. The fraction of sp³-hybridized carbons (Fsp3) is 0.421. The molecule has 0 saturated carbocycles. The van der Waals surface area contributed by atoms with Gasteiger partial charge in [0.05, 0.1) is 18.4 Å². The molecule has 4 rings (SSSR count). The molecular formula is C19H21N5O3S2. The second-order valence-corrected chi connectivity index (χ2v) is 8.94. The molecule has 3 heterocycles. The summed E-state index contributed by atoms with van der Waals surface area (Å²) in [5.74, 6) is 0.0482. The number of hydrogen-bond donors (Lipinski definition) is 1. The molecule has 0 unspecified atom stereocenters. The zero-order valence-corrected chi connectivity index (χ0v) is 18.1. The Balaban J connectivity index is 1.48. The molecule has 0 atom stereocenters. The number of aromatic nitrogens is 4. The first kappa shape index (κ1) is 19.8. The van der Waals surface area contributed by atoms with E-state index in [0.717, 1.165) is 42.6 Å². The number of aryl methyl sites for hydroxylation is 3. The van der Waals surface area contributed by atoms with Crippen molar-refractivity contribution >= 4 is 45.8 Å². The van der Waals surface area contributed by atoms with Crippen LogP contribution in [0.5, 0.6) is 0 Å². The standard InChI is InChI=1S/C19H21N5O3S2/c1-10-8-11(2)24-18(20-10)22-19(23-24)28-9-14(25)21-16-15(17(26)27-3)12-6-4-5-7-13(12)29-16/h8H,4-7,9H2,1-3H3,(H,21,25). The van der Waals surface area contributed by atoms with Gasteiger partial charge in [0.25, 0.3) is 5.78 Å². The number of nitrogens with one attached hydrogen (secondary N) is 1. The number of hydrogen-bond acceptors (Lipinski definition) is 8. The maximum Gasteiger partial charge on any atom is 0.341 e. The Labute approximate surface area is 176 Å². The highest BCUT2D eigenvalue weighted by Crippen LogP contribution is 2.38. The van der Waals surface area contributed by atoms with Crippen LogP contribution in [0.4, 0.5) is 5.00 Å². The molecule has 10 heteroatoms. The number of thiophene rings is 1. The highest BCUT2D eigenvalue weighted by Gasteiger charge is 2.27. The van der Waals surface area contributed by atoms with Crippen molar-refractivity contribution in [1.29, 1.82) is 0 Å². The average molecular weight is 432 g/mol. The number of amides is 1. The topological polar surface area (TPSA) is 98.5 Å². The van der Waals surface area contributed by atoms with Crippen molar-refractivity contribution in [3.63, 3.8) is 0 Å². The van der Waals surface area contributed by atoms with Gasteiger partial charge in [-0.1, -0.05) is 11.8 Å². The number of nitrogens with zero attached hydrogens (tertiary/aromatic N) is 4. The maximum absolute atomic E-state index is 12.5. The second-order valence-electron chi connectivity index (χ2n) is 6.89. The predicted octanol–water partition coefficient (Wildman–Crippen LogP) is 3.20. The van der Waals surface area contributed by atoms with Crippen LogP contribution in [0, 0.1) is 13.8 Å². The summed E-state index contributed by atoms with van der Waals surface area (Å²) in [7, 11) is 1.36. The van der Waals surface area contributed by atoms with Gasteiger partial charge in [0.2, 0.25) is 11.1 Å². The lowest BCUT2D eigenvalue weighted by Crippen LogP contribution is -2.16. The molecule has 0 aromatic carbocycles. The van der Waals surface area contributed by atoms with E-state index < -0.39 is 5.97 Å². The highest BCUT2D eigenvalue weighted by atomic mass is 32.2. The number of rotatable bonds is 5. The Morgan fingerprint density at radius 2 is 2.07 bits per heavy atom. The average Bonchev–Trinajstić information content (AvgIpc) is 3.26. The number of ether oxygens (including phenoxy) is 1. The lowest BCUT2D eigenvalue weighted by Gasteiger charge is -2.11. The van der Waals surface area contributed by atoms with Crippen LogP contribution >= 0.6 is 23.1 Å². The number of carbonyl (C=O) groups is 2. The van der Waals surface area contributed by atoms with Gasteiger partial charge in [-0.15, -0.1) is 16.4 Å². The van der Waals surface area contributed by atoms with E-state index in [2.05, 4.69) is 20.4 Å². The van der Waals surface area contributed by atoms with Crippen molar-refractivity contribution in [1.82, 2.24) is 19.6 Å². The molecule has 1 amide bonds. The van der Waals surface area contributed by atoms with Crippen LogP contribution in [-0.4, -0.2) is 44.3 Å². The Bertz CT molecular complexity index is 1110. The molecule has 1 aliphatic rings. The molecule has 1 N–H and O–H groups in total. The zero-order chi connectivity index (χ0) is 20.5. The Hall–Kier alpha value is -2.46. The molecule has 0 radical (unpaired) electrons. The first-order valence-corrected chi connectivity index (χ1v) is 11.1. The van der Waals surface area contributed by atoms with Crippen molar-refractivity contribution in [3.8, 4) is 0 Å². The summed E-state index contributed by atoms with van der Waals surface area (Å²) in [5, 5.41) is 8.35. The molecule has 29 heavy (non-hydrogen) atoms. The summed E-state index contributed by atoms with van der Waals surface area (Å²) in [5.41, 5.74) is 3.33. The summed E-state index contributed by atoms with van der Waals surface area (Å²) in [6, 6.07) is 1.93. The monoisotopic (exact) mass is 431 g/mol. The van der Waals surface area contributed by atoms with Gasteiger partial charge in [0, 0.05) is 16.3 Å². The maximum atomic E-state index is 12.5. The van der Waals surface area contributed by atoms with Gasteiger partial charge in [-0.25, -0.2) is 14.3 Å². The van der Waals surface area contributed by atoms with E-state index in [1.165, 1.54) is 35.1 Å². The number of methoxy groups -OCH3 is 1. The lowest BCUT2D eigenvalue weighted by molar-refractivity contribution is -0.113. The Kier molecular flexibility index (Phi) is 5.55. The van der Waals surface area contributed by atoms with Gasteiger partial charge in [-0.3, -0.25) is 4.79 Å². The third-order valence-electron chi connectivity index (χ3n) is 4.74. The second kappa shape index (κ2) is 8.11. The number of anilines is 1.